The molecule has 2 N–H and O–H groups in total. The highest BCUT2D eigenvalue weighted by Gasteiger charge is 2.39. The lowest BCUT2D eigenvalue weighted by atomic mass is 10.0. The lowest BCUT2D eigenvalue weighted by Crippen LogP contribution is -2.53. The first-order chi connectivity index (χ1) is 6.81. The third-order valence-corrected chi connectivity index (χ3v) is 3.47. The summed E-state index contributed by atoms with van der Waals surface area (Å²) in [6, 6.07) is 1.81. The number of likely N-dealkylation sites (tertiary alicyclic amines) is 1. The van der Waals surface area contributed by atoms with Crippen LogP contribution in [0.5, 0.6) is 0 Å². The molecule has 14 heavy (non-hydrogen) atoms. The number of nitrogens with zero attached hydrogens (tertiary/aromatic N) is 2. The SMILES string of the molecule is CN(CCCN)CC1CCN1C1CC1. The molecule has 1 saturated carbocycles. The van der Waals surface area contributed by atoms with Crippen molar-refractivity contribution in [1.29, 1.82) is 0 Å². The Morgan fingerprint density at radius 1 is 1.36 bits per heavy atom. The van der Waals surface area contributed by atoms with Gasteiger partial charge in [-0.2, -0.15) is 0 Å². The van der Waals surface area contributed by atoms with Gasteiger partial charge in [0.05, 0.1) is 0 Å². The summed E-state index contributed by atoms with van der Waals surface area (Å²) in [5, 5.41) is 0. The van der Waals surface area contributed by atoms with Crippen molar-refractivity contribution in [3.8, 4) is 0 Å². The number of hydrogen-bond donors (Lipinski definition) is 1. The Morgan fingerprint density at radius 2 is 2.14 bits per heavy atom. The van der Waals surface area contributed by atoms with Crippen LogP contribution in [-0.2, 0) is 0 Å². The van der Waals surface area contributed by atoms with Gasteiger partial charge >= 0.3 is 0 Å². The second kappa shape index (κ2) is 4.60. The summed E-state index contributed by atoms with van der Waals surface area (Å²) in [5.41, 5.74) is 5.50. The van der Waals surface area contributed by atoms with E-state index in [1.807, 2.05) is 0 Å². The van der Waals surface area contributed by atoms with E-state index >= 15 is 0 Å². The molecule has 0 spiro atoms. The Bertz CT molecular complexity index is 179. The highest BCUT2D eigenvalue weighted by molar-refractivity contribution is 4.95. The fraction of sp³-hybridized carbons (Fsp3) is 1.00. The molecule has 1 atom stereocenters. The summed E-state index contributed by atoms with van der Waals surface area (Å²) in [6.45, 7) is 4.57. The summed E-state index contributed by atoms with van der Waals surface area (Å²) < 4.78 is 0. The molecule has 2 rings (SSSR count). The van der Waals surface area contributed by atoms with Crippen LogP contribution in [0.2, 0.25) is 0 Å². The van der Waals surface area contributed by atoms with Gasteiger partial charge < -0.3 is 10.6 Å². The van der Waals surface area contributed by atoms with Gasteiger partial charge in [-0.25, -0.2) is 0 Å². The molecule has 0 amide bonds. The molecule has 82 valence electrons. The predicted molar refractivity (Wildman–Crippen MR) is 59.3 cm³/mol. The van der Waals surface area contributed by atoms with Crippen LogP contribution in [-0.4, -0.2) is 55.1 Å². The van der Waals surface area contributed by atoms with Crippen LogP contribution < -0.4 is 5.73 Å². The maximum absolute atomic E-state index is 5.50. The highest BCUT2D eigenvalue weighted by Crippen LogP contribution is 2.34. The molecular weight excluding hydrogens is 174 g/mol. The molecule has 0 radical (unpaired) electrons. The van der Waals surface area contributed by atoms with Gasteiger partial charge in [0, 0.05) is 25.2 Å². The summed E-state index contributed by atoms with van der Waals surface area (Å²) in [6.07, 6.45) is 5.43. The molecule has 0 bridgehead atoms. The van der Waals surface area contributed by atoms with Gasteiger partial charge in [-0.3, -0.25) is 4.90 Å². The van der Waals surface area contributed by atoms with Gasteiger partial charge in [0.2, 0.25) is 0 Å². The molecule has 2 fully saturated rings. The third-order valence-electron chi connectivity index (χ3n) is 3.47. The third kappa shape index (κ3) is 2.47. The molecular formula is C11H23N3. The van der Waals surface area contributed by atoms with E-state index in [9.17, 15) is 0 Å². The highest BCUT2D eigenvalue weighted by atomic mass is 15.3. The Balaban J connectivity index is 1.63. The first kappa shape index (κ1) is 10.4. The van der Waals surface area contributed by atoms with Crippen molar-refractivity contribution in [2.45, 2.75) is 37.8 Å². The topological polar surface area (TPSA) is 32.5 Å². The van der Waals surface area contributed by atoms with E-state index in [1.165, 1.54) is 32.4 Å². The zero-order chi connectivity index (χ0) is 9.97. The van der Waals surface area contributed by atoms with Crippen LogP contribution in [0.3, 0.4) is 0 Å². The largest absolute Gasteiger partial charge is 0.330 e. The number of likely N-dealkylation sites (N-methyl/N-ethyl adjacent to an activating group) is 1. The van der Waals surface area contributed by atoms with Crippen molar-refractivity contribution in [2.75, 3.05) is 33.2 Å². The molecule has 1 aliphatic heterocycles. The van der Waals surface area contributed by atoms with Crippen molar-refractivity contribution in [3.05, 3.63) is 0 Å². The van der Waals surface area contributed by atoms with Crippen molar-refractivity contribution in [1.82, 2.24) is 9.80 Å². The van der Waals surface area contributed by atoms with Gasteiger partial charge in [0.15, 0.2) is 0 Å². The van der Waals surface area contributed by atoms with Crippen LogP contribution >= 0.6 is 0 Å². The Morgan fingerprint density at radius 3 is 2.64 bits per heavy atom. The minimum Gasteiger partial charge on any atom is -0.330 e. The zero-order valence-corrected chi connectivity index (χ0v) is 9.28. The number of nitrogens with two attached hydrogens (primary N) is 1. The molecule has 1 heterocycles. The maximum Gasteiger partial charge on any atom is 0.0238 e. The van der Waals surface area contributed by atoms with Crippen LogP contribution in [0.1, 0.15) is 25.7 Å². The van der Waals surface area contributed by atoms with Crippen LogP contribution in [0.4, 0.5) is 0 Å². The number of rotatable bonds is 6. The average molecular weight is 197 g/mol. The Kier molecular flexibility index (Phi) is 3.42. The monoisotopic (exact) mass is 197 g/mol. The summed E-state index contributed by atoms with van der Waals surface area (Å²) >= 11 is 0. The van der Waals surface area contributed by atoms with Crippen LogP contribution in [0.15, 0.2) is 0 Å². The normalized spacial score (nSPS) is 28.1. The van der Waals surface area contributed by atoms with E-state index in [0.29, 0.717) is 0 Å². The van der Waals surface area contributed by atoms with Gasteiger partial charge in [0.1, 0.15) is 0 Å². The average Bonchev–Trinajstić information content (AvgIpc) is 2.93. The lowest BCUT2D eigenvalue weighted by Gasteiger charge is -2.43. The molecule has 0 aromatic carbocycles. The quantitative estimate of drug-likeness (QED) is 0.673. The van der Waals surface area contributed by atoms with Gasteiger partial charge in [-0.05, 0) is 45.8 Å². The first-order valence-corrected chi connectivity index (χ1v) is 5.95. The standard InChI is InChI=1S/C11H23N3/c1-13(7-2-6-12)9-11-5-8-14(11)10-3-4-10/h10-11H,2-9,12H2,1H3. The van der Waals surface area contributed by atoms with Crippen molar-refractivity contribution in [3.63, 3.8) is 0 Å². The molecule has 1 unspecified atom stereocenters. The second-order valence-electron chi connectivity index (χ2n) is 4.82. The van der Waals surface area contributed by atoms with Crippen molar-refractivity contribution < 1.29 is 0 Å². The molecule has 2 aliphatic rings. The van der Waals surface area contributed by atoms with E-state index in [4.69, 9.17) is 5.73 Å². The Labute approximate surface area is 87.2 Å². The fourth-order valence-electron chi connectivity index (χ4n) is 2.36. The Hall–Kier alpha value is -0.120. The first-order valence-electron chi connectivity index (χ1n) is 5.95. The molecule has 0 aromatic heterocycles. The van der Waals surface area contributed by atoms with Crippen LogP contribution in [0, 0.1) is 0 Å². The van der Waals surface area contributed by atoms with E-state index < -0.39 is 0 Å². The number of hydrogen-bond acceptors (Lipinski definition) is 3. The molecule has 0 aromatic rings. The van der Waals surface area contributed by atoms with Gasteiger partial charge in [0.25, 0.3) is 0 Å². The summed E-state index contributed by atoms with van der Waals surface area (Å²) in [4.78, 5) is 5.13. The predicted octanol–water partition coefficient (Wildman–Crippen LogP) is 0.504. The lowest BCUT2D eigenvalue weighted by molar-refractivity contribution is 0.0553. The van der Waals surface area contributed by atoms with E-state index in [0.717, 1.165) is 31.6 Å². The van der Waals surface area contributed by atoms with Crippen molar-refractivity contribution in [2.24, 2.45) is 5.73 Å². The molecule has 3 nitrogen and oxygen atoms in total. The summed E-state index contributed by atoms with van der Waals surface area (Å²) in [5.74, 6) is 0. The van der Waals surface area contributed by atoms with E-state index in [1.54, 1.807) is 0 Å². The second-order valence-corrected chi connectivity index (χ2v) is 4.82. The zero-order valence-electron chi connectivity index (χ0n) is 9.28. The van der Waals surface area contributed by atoms with Crippen LogP contribution in [0.25, 0.3) is 0 Å². The minimum absolute atomic E-state index is 0.821. The van der Waals surface area contributed by atoms with E-state index in [-0.39, 0.29) is 0 Å². The molecule has 1 aliphatic carbocycles. The summed E-state index contributed by atoms with van der Waals surface area (Å²) in [7, 11) is 2.22. The minimum atomic E-state index is 0.821. The van der Waals surface area contributed by atoms with Crippen molar-refractivity contribution >= 4 is 0 Å². The smallest absolute Gasteiger partial charge is 0.0238 e. The molecule has 3 heteroatoms. The van der Waals surface area contributed by atoms with E-state index in [2.05, 4.69) is 16.8 Å². The fourth-order valence-corrected chi connectivity index (χ4v) is 2.36. The van der Waals surface area contributed by atoms with Gasteiger partial charge in [-0.1, -0.05) is 0 Å². The maximum atomic E-state index is 5.50. The molecule has 1 saturated heterocycles. The van der Waals surface area contributed by atoms with Gasteiger partial charge in [-0.15, -0.1) is 0 Å².